The molecule has 0 aliphatic carbocycles. The fraction of sp³-hybridized carbons (Fsp3) is 0.450. The summed E-state index contributed by atoms with van der Waals surface area (Å²) < 4.78 is 12.8. The molecule has 6 nitrogen and oxygen atoms in total. The Morgan fingerprint density at radius 2 is 2.00 bits per heavy atom. The number of aryl methyl sites for hydroxylation is 2. The number of aromatic nitrogens is 2. The minimum atomic E-state index is -0.693. The molecule has 26 heavy (non-hydrogen) atoms. The van der Waals surface area contributed by atoms with E-state index >= 15 is 0 Å². The lowest BCUT2D eigenvalue weighted by Gasteiger charge is -2.19. The second kappa shape index (κ2) is 7.32. The summed E-state index contributed by atoms with van der Waals surface area (Å²) in [6.45, 7) is 12.9. The zero-order valence-corrected chi connectivity index (χ0v) is 16.3. The molecule has 2 aromatic rings. The fourth-order valence-corrected chi connectivity index (χ4v) is 2.54. The van der Waals surface area contributed by atoms with Gasteiger partial charge in [-0.15, -0.1) is 6.58 Å². The van der Waals surface area contributed by atoms with Crippen molar-refractivity contribution in [2.45, 2.75) is 41.0 Å². The maximum atomic E-state index is 12.5. The highest BCUT2D eigenvalue weighted by atomic mass is 16.5. The number of benzene rings is 1. The topological polar surface area (TPSA) is 70.4 Å². The number of esters is 2. The minimum absolute atomic E-state index is 0.256. The quantitative estimate of drug-likeness (QED) is 0.463. The number of nitrogens with zero attached hydrogens (tertiary/aromatic N) is 2. The van der Waals surface area contributed by atoms with Gasteiger partial charge in [0, 0.05) is 12.6 Å². The van der Waals surface area contributed by atoms with E-state index in [4.69, 9.17) is 9.47 Å². The van der Waals surface area contributed by atoms with Gasteiger partial charge in [0.25, 0.3) is 0 Å². The molecule has 6 heteroatoms. The third-order valence-corrected chi connectivity index (χ3v) is 4.11. The summed E-state index contributed by atoms with van der Waals surface area (Å²) in [7, 11) is 1.85. The van der Waals surface area contributed by atoms with Gasteiger partial charge in [0.2, 0.25) is 0 Å². The van der Waals surface area contributed by atoms with Crippen LogP contribution in [-0.2, 0) is 23.0 Å². The van der Waals surface area contributed by atoms with Crippen molar-refractivity contribution in [1.29, 1.82) is 0 Å². The van der Waals surface area contributed by atoms with Gasteiger partial charge in [-0.25, -0.2) is 9.78 Å². The number of fused-ring (bicyclic) bond motifs is 1. The number of hydrogen-bond acceptors (Lipinski definition) is 5. The van der Waals surface area contributed by atoms with Crippen molar-refractivity contribution >= 4 is 23.0 Å². The van der Waals surface area contributed by atoms with E-state index in [-0.39, 0.29) is 6.61 Å². The monoisotopic (exact) mass is 358 g/mol. The normalized spacial score (nSPS) is 11.5. The molecule has 0 radical (unpaired) electrons. The Balaban J connectivity index is 2.81. The van der Waals surface area contributed by atoms with Gasteiger partial charge in [0.05, 0.1) is 23.1 Å². The Hall–Kier alpha value is -2.63. The number of imidazole rings is 1. The highest BCUT2D eigenvalue weighted by Crippen LogP contribution is 2.35. The number of carbonyl (C=O) groups is 2. The van der Waals surface area contributed by atoms with Crippen molar-refractivity contribution in [1.82, 2.24) is 9.55 Å². The summed E-state index contributed by atoms with van der Waals surface area (Å²) in [6.07, 6.45) is 2.01. The molecule has 0 saturated heterocycles. The molecule has 0 fully saturated rings. The van der Waals surface area contributed by atoms with Crippen LogP contribution in [0, 0.1) is 12.3 Å². The third-order valence-electron chi connectivity index (χ3n) is 4.11. The van der Waals surface area contributed by atoms with Crippen LogP contribution in [0.5, 0.6) is 5.75 Å². The Morgan fingerprint density at radius 3 is 2.54 bits per heavy atom. The average molecular weight is 358 g/mol. The highest BCUT2D eigenvalue weighted by Gasteiger charge is 2.29. The number of ether oxygens (including phenoxy) is 2. The van der Waals surface area contributed by atoms with Gasteiger partial charge >= 0.3 is 11.9 Å². The molecule has 0 atom stereocenters. The molecule has 1 aromatic carbocycles. The van der Waals surface area contributed by atoms with E-state index in [1.807, 2.05) is 18.5 Å². The SMILES string of the molecule is C=CCc1c(C(=O)OCC)cc2c(nc(C)n2C)c1OC(=O)C(C)(C)C. The van der Waals surface area contributed by atoms with Crippen molar-refractivity contribution in [3.8, 4) is 5.75 Å². The summed E-state index contributed by atoms with van der Waals surface area (Å²) in [4.78, 5) is 29.6. The molecule has 0 aliphatic heterocycles. The van der Waals surface area contributed by atoms with Gasteiger partial charge < -0.3 is 14.0 Å². The Morgan fingerprint density at radius 1 is 1.35 bits per heavy atom. The third kappa shape index (κ3) is 3.64. The van der Waals surface area contributed by atoms with Crippen LogP contribution in [0.15, 0.2) is 18.7 Å². The van der Waals surface area contributed by atoms with Gasteiger partial charge in [0.15, 0.2) is 5.75 Å². The van der Waals surface area contributed by atoms with E-state index in [9.17, 15) is 9.59 Å². The van der Waals surface area contributed by atoms with Crippen LogP contribution >= 0.6 is 0 Å². The zero-order valence-electron chi connectivity index (χ0n) is 16.3. The molecule has 0 bridgehead atoms. The summed E-state index contributed by atoms with van der Waals surface area (Å²) in [5, 5.41) is 0. The van der Waals surface area contributed by atoms with Crippen LogP contribution in [0.3, 0.4) is 0 Å². The standard InChI is InChI=1S/C20H26N2O4/c1-8-10-13-14(18(23)25-9-2)11-15-16(21-12(3)22(15)7)17(13)26-19(24)20(4,5)6/h8,11H,1,9-10H2,2-7H3. The molecular formula is C20H26N2O4. The fourth-order valence-electron chi connectivity index (χ4n) is 2.54. The molecular weight excluding hydrogens is 332 g/mol. The highest BCUT2D eigenvalue weighted by molar-refractivity contribution is 5.99. The molecule has 140 valence electrons. The van der Waals surface area contributed by atoms with Crippen LogP contribution in [0.1, 0.15) is 49.4 Å². The number of rotatable bonds is 5. The van der Waals surface area contributed by atoms with E-state index in [0.717, 1.165) is 5.82 Å². The minimum Gasteiger partial charge on any atom is -0.462 e. The van der Waals surface area contributed by atoms with Crippen LogP contribution in [0.2, 0.25) is 0 Å². The summed E-state index contributed by atoms with van der Waals surface area (Å²) in [5.74, 6) is 0.194. The predicted molar refractivity (Wildman–Crippen MR) is 100 cm³/mol. The Bertz CT molecular complexity index is 872. The van der Waals surface area contributed by atoms with Crippen LogP contribution in [0.25, 0.3) is 11.0 Å². The van der Waals surface area contributed by atoms with E-state index < -0.39 is 17.4 Å². The average Bonchev–Trinajstić information content (AvgIpc) is 2.83. The van der Waals surface area contributed by atoms with Gasteiger partial charge in [-0.1, -0.05) is 6.08 Å². The van der Waals surface area contributed by atoms with Crippen LogP contribution in [-0.4, -0.2) is 28.1 Å². The van der Waals surface area contributed by atoms with E-state index in [1.165, 1.54) is 0 Å². The van der Waals surface area contributed by atoms with Crippen molar-refractivity contribution < 1.29 is 19.1 Å². The molecule has 1 heterocycles. The largest absolute Gasteiger partial charge is 0.462 e. The Kier molecular flexibility index (Phi) is 5.54. The van der Waals surface area contributed by atoms with Gasteiger partial charge in [-0.05, 0) is 47.1 Å². The summed E-state index contributed by atoms with van der Waals surface area (Å²) in [6, 6.07) is 1.74. The first-order valence-corrected chi connectivity index (χ1v) is 8.61. The molecule has 0 N–H and O–H groups in total. The van der Waals surface area contributed by atoms with Crippen LogP contribution < -0.4 is 4.74 Å². The van der Waals surface area contributed by atoms with Crippen molar-refractivity contribution in [3.05, 3.63) is 35.7 Å². The maximum Gasteiger partial charge on any atom is 0.338 e. The van der Waals surface area contributed by atoms with Gasteiger partial charge in [0.1, 0.15) is 11.3 Å². The lowest BCUT2D eigenvalue weighted by Crippen LogP contribution is -2.26. The first kappa shape index (κ1) is 19.7. The maximum absolute atomic E-state index is 12.5. The summed E-state index contributed by atoms with van der Waals surface area (Å²) in [5.41, 5.74) is 1.48. The Labute approximate surface area is 153 Å². The summed E-state index contributed by atoms with van der Waals surface area (Å²) >= 11 is 0. The first-order chi connectivity index (χ1) is 12.1. The van der Waals surface area contributed by atoms with Crippen molar-refractivity contribution in [2.24, 2.45) is 12.5 Å². The molecule has 0 spiro atoms. The smallest absolute Gasteiger partial charge is 0.338 e. The molecule has 0 aliphatic rings. The lowest BCUT2D eigenvalue weighted by molar-refractivity contribution is -0.142. The van der Waals surface area contributed by atoms with E-state index in [1.54, 1.807) is 39.8 Å². The van der Waals surface area contributed by atoms with Crippen LogP contribution in [0.4, 0.5) is 0 Å². The molecule has 0 unspecified atom stereocenters. The number of hydrogen-bond donors (Lipinski definition) is 0. The van der Waals surface area contributed by atoms with Crippen molar-refractivity contribution in [2.75, 3.05) is 6.61 Å². The molecule has 2 rings (SSSR count). The zero-order chi connectivity index (χ0) is 19.6. The lowest BCUT2D eigenvalue weighted by atomic mass is 9.97. The van der Waals surface area contributed by atoms with Crippen molar-refractivity contribution in [3.63, 3.8) is 0 Å². The molecule has 0 amide bonds. The predicted octanol–water partition coefficient (Wildman–Crippen LogP) is 3.74. The van der Waals surface area contributed by atoms with Gasteiger partial charge in [-0.2, -0.15) is 0 Å². The van der Waals surface area contributed by atoms with Gasteiger partial charge in [-0.3, -0.25) is 4.79 Å². The molecule has 1 aromatic heterocycles. The second-order valence-electron chi connectivity index (χ2n) is 7.17. The first-order valence-electron chi connectivity index (χ1n) is 8.61. The second-order valence-corrected chi connectivity index (χ2v) is 7.17. The number of allylic oxidation sites excluding steroid dienone is 1. The number of carbonyl (C=O) groups excluding carboxylic acids is 2. The van der Waals surface area contributed by atoms with E-state index in [2.05, 4.69) is 11.6 Å². The van der Waals surface area contributed by atoms with E-state index in [0.29, 0.717) is 34.3 Å². The molecule has 0 saturated carbocycles.